The van der Waals surface area contributed by atoms with Gasteiger partial charge in [0.1, 0.15) is 0 Å². The number of halogens is 1. The second-order valence-corrected chi connectivity index (χ2v) is 3.81. The Morgan fingerprint density at radius 3 is 2.94 bits per heavy atom. The van der Waals surface area contributed by atoms with Crippen molar-refractivity contribution >= 4 is 22.6 Å². The van der Waals surface area contributed by atoms with Crippen molar-refractivity contribution in [1.29, 1.82) is 0 Å². The Labute approximate surface area is 95.1 Å². The van der Waals surface area contributed by atoms with Gasteiger partial charge in [0, 0.05) is 11.1 Å². The van der Waals surface area contributed by atoms with Crippen LogP contribution in [0.15, 0.2) is 45.8 Å². The fourth-order valence-corrected chi connectivity index (χ4v) is 1.86. The molecule has 2 heterocycles. The monoisotopic (exact) mass is 234 g/mol. The van der Waals surface area contributed by atoms with Crippen molar-refractivity contribution in [3.05, 3.63) is 52.1 Å². The van der Waals surface area contributed by atoms with Crippen LogP contribution < -0.4 is 5.69 Å². The summed E-state index contributed by atoms with van der Waals surface area (Å²) < 4.78 is 6.65. The highest BCUT2D eigenvalue weighted by Crippen LogP contribution is 2.19. The van der Waals surface area contributed by atoms with Crippen molar-refractivity contribution in [2.75, 3.05) is 0 Å². The van der Waals surface area contributed by atoms with Gasteiger partial charge in [-0.25, -0.2) is 9.36 Å². The number of aromatic amines is 1. The fraction of sp³-hybridized carbons (Fsp3) is 0. The molecule has 3 aromatic rings. The van der Waals surface area contributed by atoms with Crippen LogP contribution in [0.2, 0.25) is 5.02 Å². The number of furan rings is 1. The van der Waals surface area contributed by atoms with Gasteiger partial charge in [0.05, 0.1) is 17.3 Å². The van der Waals surface area contributed by atoms with Gasteiger partial charge in [-0.05, 0) is 24.3 Å². The number of rotatable bonds is 1. The Hall–Kier alpha value is -1.94. The molecular weight excluding hydrogens is 228 g/mol. The van der Waals surface area contributed by atoms with Gasteiger partial charge < -0.3 is 9.40 Å². The lowest BCUT2D eigenvalue weighted by Gasteiger charge is -1.98. The van der Waals surface area contributed by atoms with Crippen LogP contribution in [0.4, 0.5) is 0 Å². The van der Waals surface area contributed by atoms with Gasteiger partial charge >= 0.3 is 5.69 Å². The molecule has 0 aliphatic rings. The Morgan fingerprint density at radius 2 is 2.19 bits per heavy atom. The number of nitrogens with one attached hydrogen (secondary N) is 1. The standard InChI is InChI=1S/C11H7ClN2O2/c12-7-3-4-8-9(6-7)14(11(15)13-8)10-2-1-5-16-10/h1-6H,(H,13,15). The zero-order chi connectivity index (χ0) is 11.1. The largest absolute Gasteiger partial charge is 0.448 e. The van der Waals surface area contributed by atoms with Crippen molar-refractivity contribution < 1.29 is 4.42 Å². The zero-order valence-electron chi connectivity index (χ0n) is 8.11. The highest BCUT2D eigenvalue weighted by molar-refractivity contribution is 6.31. The average Bonchev–Trinajstić information content (AvgIpc) is 2.83. The second kappa shape index (κ2) is 3.28. The SMILES string of the molecule is O=c1[nH]c2ccc(Cl)cc2n1-c1ccco1. The molecule has 0 amide bonds. The topological polar surface area (TPSA) is 50.9 Å². The maximum Gasteiger partial charge on any atom is 0.333 e. The van der Waals surface area contributed by atoms with Crippen LogP contribution in [-0.2, 0) is 0 Å². The highest BCUT2D eigenvalue weighted by Gasteiger charge is 2.10. The van der Waals surface area contributed by atoms with Crippen LogP contribution in [0.25, 0.3) is 16.9 Å². The molecule has 0 bridgehead atoms. The summed E-state index contributed by atoms with van der Waals surface area (Å²) in [4.78, 5) is 14.5. The van der Waals surface area contributed by atoms with Crippen molar-refractivity contribution in [1.82, 2.24) is 9.55 Å². The Balaban J connectivity index is 2.43. The van der Waals surface area contributed by atoms with Gasteiger partial charge in [-0.1, -0.05) is 11.6 Å². The summed E-state index contributed by atoms with van der Waals surface area (Å²) in [5, 5.41) is 0.576. The lowest BCUT2D eigenvalue weighted by atomic mass is 10.3. The Morgan fingerprint density at radius 1 is 1.31 bits per heavy atom. The molecule has 5 heteroatoms. The lowest BCUT2D eigenvalue weighted by Crippen LogP contribution is -2.13. The number of benzene rings is 1. The van der Waals surface area contributed by atoms with E-state index >= 15 is 0 Å². The van der Waals surface area contributed by atoms with Crippen LogP contribution in [0.1, 0.15) is 0 Å². The van der Waals surface area contributed by atoms with Crippen molar-refractivity contribution in [3.8, 4) is 5.88 Å². The molecule has 1 N–H and O–H groups in total. The van der Waals surface area contributed by atoms with Gasteiger partial charge in [0.2, 0.25) is 5.88 Å². The van der Waals surface area contributed by atoms with Gasteiger partial charge in [0.15, 0.2) is 0 Å². The number of imidazole rings is 1. The molecule has 16 heavy (non-hydrogen) atoms. The third-order valence-corrected chi connectivity index (χ3v) is 2.61. The summed E-state index contributed by atoms with van der Waals surface area (Å²) in [6.45, 7) is 0. The number of hydrogen-bond acceptors (Lipinski definition) is 2. The minimum absolute atomic E-state index is 0.243. The quantitative estimate of drug-likeness (QED) is 0.704. The normalized spacial score (nSPS) is 11.1. The molecule has 3 rings (SSSR count). The van der Waals surface area contributed by atoms with Crippen LogP contribution in [0.3, 0.4) is 0 Å². The maximum atomic E-state index is 11.8. The van der Waals surface area contributed by atoms with E-state index in [9.17, 15) is 4.79 Å². The first-order chi connectivity index (χ1) is 7.75. The van der Waals surface area contributed by atoms with Crippen LogP contribution in [0, 0.1) is 0 Å². The van der Waals surface area contributed by atoms with Crippen molar-refractivity contribution in [2.45, 2.75) is 0 Å². The van der Waals surface area contributed by atoms with E-state index in [1.807, 2.05) is 0 Å². The first kappa shape index (κ1) is 9.30. The van der Waals surface area contributed by atoms with Gasteiger partial charge in [-0.3, -0.25) is 0 Å². The molecule has 0 saturated heterocycles. The summed E-state index contributed by atoms with van der Waals surface area (Å²) in [5.74, 6) is 0.471. The molecule has 4 nitrogen and oxygen atoms in total. The van der Waals surface area contributed by atoms with Crippen molar-refractivity contribution in [2.24, 2.45) is 0 Å². The first-order valence-corrected chi connectivity index (χ1v) is 5.08. The van der Waals surface area contributed by atoms with E-state index in [0.717, 1.165) is 5.52 Å². The summed E-state index contributed by atoms with van der Waals surface area (Å²) in [5.41, 5.74) is 1.19. The maximum absolute atomic E-state index is 11.8. The predicted octanol–water partition coefficient (Wildman–Crippen LogP) is 2.57. The molecule has 0 radical (unpaired) electrons. The summed E-state index contributed by atoms with van der Waals surface area (Å²) in [6, 6.07) is 8.66. The molecule has 0 unspecified atom stereocenters. The number of aromatic nitrogens is 2. The molecule has 0 aliphatic carbocycles. The number of H-pyrrole nitrogens is 1. The van der Waals surface area contributed by atoms with Gasteiger partial charge in [0.25, 0.3) is 0 Å². The van der Waals surface area contributed by atoms with Crippen LogP contribution >= 0.6 is 11.6 Å². The van der Waals surface area contributed by atoms with E-state index < -0.39 is 0 Å². The van der Waals surface area contributed by atoms with E-state index in [2.05, 4.69) is 4.98 Å². The van der Waals surface area contributed by atoms with E-state index in [1.165, 1.54) is 10.8 Å². The van der Waals surface area contributed by atoms with Gasteiger partial charge in [-0.15, -0.1) is 0 Å². The third-order valence-electron chi connectivity index (χ3n) is 2.37. The Bertz CT molecular complexity index is 694. The molecule has 1 aromatic carbocycles. The third kappa shape index (κ3) is 1.27. The minimum Gasteiger partial charge on any atom is -0.448 e. The second-order valence-electron chi connectivity index (χ2n) is 3.38. The summed E-state index contributed by atoms with van der Waals surface area (Å²) in [7, 11) is 0. The van der Waals surface area contributed by atoms with E-state index in [4.69, 9.17) is 16.0 Å². The molecule has 0 spiro atoms. The van der Waals surface area contributed by atoms with Crippen molar-refractivity contribution in [3.63, 3.8) is 0 Å². The average molecular weight is 235 g/mol. The molecule has 0 atom stereocenters. The number of fused-ring (bicyclic) bond motifs is 1. The lowest BCUT2D eigenvalue weighted by molar-refractivity contribution is 0.538. The fourth-order valence-electron chi connectivity index (χ4n) is 1.69. The van der Waals surface area contributed by atoms with Crippen LogP contribution in [-0.4, -0.2) is 9.55 Å². The van der Waals surface area contributed by atoms with Gasteiger partial charge in [-0.2, -0.15) is 0 Å². The predicted molar refractivity (Wildman–Crippen MR) is 61.2 cm³/mol. The molecule has 0 fully saturated rings. The smallest absolute Gasteiger partial charge is 0.333 e. The van der Waals surface area contributed by atoms with E-state index in [1.54, 1.807) is 30.3 Å². The molecule has 0 saturated carbocycles. The highest BCUT2D eigenvalue weighted by atomic mass is 35.5. The summed E-state index contributed by atoms with van der Waals surface area (Å²) in [6.07, 6.45) is 1.52. The molecule has 2 aromatic heterocycles. The van der Waals surface area contributed by atoms with Crippen LogP contribution in [0.5, 0.6) is 0 Å². The number of hydrogen-bond donors (Lipinski definition) is 1. The van der Waals surface area contributed by atoms with E-state index in [-0.39, 0.29) is 5.69 Å². The molecule has 0 aliphatic heterocycles. The van der Waals surface area contributed by atoms with E-state index in [0.29, 0.717) is 16.4 Å². The zero-order valence-corrected chi connectivity index (χ0v) is 8.86. The summed E-state index contributed by atoms with van der Waals surface area (Å²) >= 11 is 5.90. The minimum atomic E-state index is -0.243. The number of nitrogens with zero attached hydrogens (tertiary/aromatic N) is 1. The Kier molecular flexibility index (Phi) is 1.91. The molecular formula is C11H7ClN2O2. The first-order valence-electron chi connectivity index (χ1n) is 4.70. The molecule has 80 valence electrons.